The van der Waals surface area contributed by atoms with Crippen molar-refractivity contribution in [2.75, 3.05) is 5.75 Å². The van der Waals surface area contributed by atoms with E-state index in [1.807, 2.05) is 12.3 Å². The minimum Gasteiger partial charge on any atom is -0.345 e. The molecule has 0 spiro atoms. The van der Waals surface area contributed by atoms with Gasteiger partial charge >= 0.3 is 0 Å². The fourth-order valence-corrected chi connectivity index (χ4v) is 6.76. The lowest BCUT2D eigenvalue weighted by Crippen LogP contribution is -2.19. The molecule has 2 fully saturated rings. The van der Waals surface area contributed by atoms with Crippen LogP contribution < -0.4 is 0 Å². The summed E-state index contributed by atoms with van der Waals surface area (Å²) in [5.41, 5.74) is 2.49. The molecule has 3 aromatic rings. The second kappa shape index (κ2) is 5.28. The number of hydrogen-bond acceptors (Lipinski definition) is 5. The number of aromatic amines is 1. The molecule has 7 nitrogen and oxygen atoms in total. The zero-order chi connectivity index (χ0) is 18.1. The number of fused-ring (bicyclic) bond motifs is 3. The molecule has 2 saturated carbocycles. The maximum Gasteiger partial charge on any atom is 0.179 e. The minimum absolute atomic E-state index is 0.0153. The van der Waals surface area contributed by atoms with Crippen molar-refractivity contribution in [3.8, 4) is 0 Å². The fraction of sp³-hybridized carbons (Fsp3) is 0.611. The van der Waals surface area contributed by atoms with Crippen molar-refractivity contribution in [2.24, 2.45) is 11.3 Å². The molecular formula is C18H23N5O2S. The number of hydrogen-bond donors (Lipinski definition) is 1. The highest BCUT2D eigenvalue weighted by Gasteiger charge is 2.46. The van der Waals surface area contributed by atoms with Crippen molar-refractivity contribution >= 4 is 26.6 Å². The highest BCUT2D eigenvalue weighted by molar-refractivity contribution is 7.92. The lowest BCUT2D eigenvalue weighted by atomic mass is 9.81. The molecule has 2 atom stereocenters. The van der Waals surface area contributed by atoms with Crippen LogP contribution in [0.25, 0.3) is 16.8 Å². The summed E-state index contributed by atoms with van der Waals surface area (Å²) in [4.78, 5) is 7.51. The third kappa shape index (κ3) is 2.46. The topological polar surface area (TPSA) is 93.0 Å². The number of aromatic nitrogens is 5. The Morgan fingerprint density at radius 2 is 2.12 bits per heavy atom. The molecule has 3 heterocycles. The molecular weight excluding hydrogens is 350 g/mol. The van der Waals surface area contributed by atoms with Crippen LogP contribution in [0.1, 0.15) is 51.3 Å². The molecule has 1 N–H and O–H groups in total. The van der Waals surface area contributed by atoms with E-state index in [0.717, 1.165) is 48.3 Å². The summed E-state index contributed by atoms with van der Waals surface area (Å²) in [7, 11) is -2.94. The number of nitrogens with zero attached hydrogens (tertiary/aromatic N) is 4. The van der Waals surface area contributed by atoms with E-state index >= 15 is 0 Å². The summed E-state index contributed by atoms with van der Waals surface area (Å²) >= 11 is 0. The molecule has 2 aliphatic carbocycles. The molecule has 0 aliphatic heterocycles. The van der Waals surface area contributed by atoms with E-state index in [1.165, 1.54) is 0 Å². The van der Waals surface area contributed by atoms with Gasteiger partial charge in [0.1, 0.15) is 5.82 Å². The van der Waals surface area contributed by atoms with Gasteiger partial charge in [0.2, 0.25) is 0 Å². The number of H-pyrrole nitrogens is 1. The molecule has 138 valence electrons. The lowest BCUT2D eigenvalue weighted by molar-refractivity contribution is 0.316. The minimum atomic E-state index is -2.94. The summed E-state index contributed by atoms with van der Waals surface area (Å²) in [6.45, 7) is 4.44. The third-order valence-electron chi connectivity index (χ3n) is 6.11. The van der Waals surface area contributed by atoms with Crippen LogP contribution >= 0.6 is 0 Å². The Bertz CT molecular complexity index is 1090. The van der Waals surface area contributed by atoms with E-state index in [2.05, 4.69) is 38.4 Å². The zero-order valence-electron chi connectivity index (χ0n) is 15.0. The van der Waals surface area contributed by atoms with E-state index in [1.54, 1.807) is 6.20 Å². The molecule has 0 saturated heterocycles. The van der Waals surface area contributed by atoms with Gasteiger partial charge in [-0.25, -0.2) is 13.4 Å². The van der Waals surface area contributed by atoms with Gasteiger partial charge < -0.3 is 4.98 Å². The predicted octanol–water partition coefficient (Wildman–Crippen LogP) is 2.70. The van der Waals surface area contributed by atoms with Gasteiger partial charge in [-0.3, -0.25) is 4.40 Å². The molecule has 0 amide bonds. The van der Waals surface area contributed by atoms with Crippen LogP contribution in [-0.4, -0.2) is 44.0 Å². The van der Waals surface area contributed by atoms with E-state index in [9.17, 15) is 8.42 Å². The first-order valence-electron chi connectivity index (χ1n) is 9.24. The Kier molecular flexibility index (Phi) is 3.30. The smallest absolute Gasteiger partial charge is 0.179 e. The second-order valence-corrected chi connectivity index (χ2v) is 10.9. The largest absolute Gasteiger partial charge is 0.345 e. The van der Waals surface area contributed by atoms with Crippen LogP contribution in [0.2, 0.25) is 0 Å². The van der Waals surface area contributed by atoms with Crippen LogP contribution in [0, 0.1) is 11.3 Å². The van der Waals surface area contributed by atoms with Crippen molar-refractivity contribution in [2.45, 2.75) is 50.7 Å². The van der Waals surface area contributed by atoms with E-state index in [-0.39, 0.29) is 22.5 Å². The molecule has 0 aromatic carbocycles. The molecule has 26 heavy (non-hydrogen) atoms. The molecule has 3 aromatic heterocycles. The SMILES string of the molecule is CC1(C)C[C@H](CS(=O)(=O)C2CC2)C[C@H]1c1nnc2cnc3[nH]ccc3n12. The predicted molar refractivity (Wildman–Crippen MR) is 98.7 cm³/mol. The molecule has 0 radical (unpaired) electrons. The first kappa shape index (κ1) is 16.2. The van der Waals surface area contributed by atoms with Gasteiger partial charge in [0.25, 0.3) is 0 Å². The zero-order valence-corrected chi connectivity index (χ0v) is 15.8. The Labute approximate surface area is 152 Å². The quantitative estimate of drug-likeness (QED) is 0.759. The summed E-state index contributed by atoms with van der Waals surface area (Å²) in [6, 6.07) is 1.99. The fourth-order valence-electron chi connectivity index (χ4n) is 4.72. The normalized spacial score (nSPS) is 26.1. The van der Waals surface area contributed by atoms with Gasteiger partial charge in [-0.15, -0.1) is 10.2 Å². The van der Waals surface area contributed by atoms with E-state index < -0.39 is 9.84 Å². The van der Waals surface area contributed by atoms with Crippen molar-refractivity contribution in [3.63, 3.8) is 0 Å². The molecule has 2 aliphatic rings. The third-order valence-corrected chi connectivity index (χ3v) is 8.53. The van der Waals surface area contributed by atoms with E-state index in [0.29, 0.717) is 5.75 Å². The number of nitrogens with one attached hydrogen (secondary N) is 1. The average Bonchev–Trinajstić information content (AvgIpc) is 3.07. The van der Waals surface area contributed by atoms with Gasteiger partial charge in [0, 0.05) is 12.1 Å². The van der Waals surface area contributed by atoms with Crippen molar-refractivity contribution < 1.29 is 8.42 Å². The number of sulfone groups is 1. The van der Waals surface area contributed by atoms with Gasteiger partial charge in [-0.1, -0.05) is 13.8 Å². The van der Waals surface area contributed by atoms with Gasteiger partial charge in [0.05, 0.1) is 22.7 Å². The van der Waals surface area contributed by atoms with Crippen molar-refractivity contribution in [1.29, 1.82) is 0 Å². The van der Waals surface area contributed by atoms with Crippen molar-refractivity contribution in [3.05, 3.63) is 24.3 Å². The molecule has 0 unspecified atom stereocenters. The van der Waals surface area contributed by atoms with Gasteiger partial charge in [-0.05, 0) is 43.1 Å². The number of rotatable bonds is 4. The summed E-state index contributed by atoms with van der Waals surface area (Å²) < 4.78 is 27.0. The van der Waals surface area contributed by atoms with Crippen LogP contribution in [0.4, 0.5) is 0 Å². The summed E-state index contributed by atoms with van der Waals surface area (Å²) in [6.07, 6.45) is 7.02. The van der Waals surface area contributed by atoms with Crippen LogP contribution in [0.15, 0.2) is 18.5 Å². The highest BCUT2D eigenvalue weighted by Crippen LogP contribution is 2.52. The average molecular weight is 373 g/mol. The lowest BCUT2D eigenvalue weighted by Gasteiger charge is -2.25. The van der Waals surface area contributed by atoms with E-state index in [4.69, 9.17) is 0 Å². The summed E-state index contributed by atoms with van der Waals surface area (Å²) in [5, 5.41) is 8.73. The highest BCUT2D eigenvalue weighted by atomic mass is 32.2. The Balaban J connectivity index is 1.53. The second-order valence-electron chi connectivity index (χ2n) is 8.60. The van der Waals surface area contributed by atoms with Crippen molar-refractivity contribution in [1.82, 2.24) is 24.6 Å². The van der Waals surface area contributed by atoms with Crippen LogP contribution in [0.5, 0.6) is 0 Å². The monoisotopic (exact) mass is 373 g/mol. The maximum absolute atomic E-state index is 12.5. The first-order chi connectivity index (χ1) is 12.4. The van der Waals surface area contributed by atoms with Gasteiger partial charge in [-0.2, -0.15) is 0 Å². The first-order valence-corrected chi connectivity index (χ1v) is 11.0. The van der Waals surface area contributed by atoms with Gasteiger partial charge in [0.15, 0.2) is 21.1 Å². The van der Waals surface area contributed by atoms with Crippen LogP contribution in [0.3, 0.4) is 0 Å². The maximum atomic E-state index is 12.5. The summed E-state index contributed by atoms with van der Waals surface area (Å²) in [5.74, 6) is 1.60. The standard InChI is InChI=1S/C18H23N5O2S/c1-18(2)8-11(10-26(24,25)12-3-4-12)7-13(18)17-22-21-15-9-20-16-14(23(15)17)5-6-19-16/h5-6,9,11-13,19H,3-4,7-8,10H2,1-2H3/t11-,13+/m1/s1. The molecule has 0 bridgehead atoms. The van der Waals surface area contributed by atoms with Crippen LogP contribution in [-0.2, 0) is 9.84 Å². The Morgan fingerprint density at radius 3 is 2.88 bits per heavy atom. The molecule has 5 rings (SSSR count). The Morgan fingerprint density at radius 1 is 1.31 bits per heavy atom. The Hall–Kier alpha value is -1.96. The molecule has 8 heteroatoms.